The minimum Gasteiger partial charge on any atom is -0.394 e. The van der Waals surface area contributed by atoms with E-state index in [0.29, 0.717) is 6.42 Å². The van der Waals surface area contributed by atoms with Crippen molar-refractivity contribution < 1.29 is 15.0 Å². The molecule has 0 saturated heterocycles. The van der Waals surface area contributed by atoms with Crippen molar-refractivity contribution in [3.63, 3.8) is 0 Å². The third kappa shape index (κ3) is 44.1. The third-order valence-electron chi connectivity index (χ3n) is 12.0. The topological polar surface area (TPSA) is 69.6 Å². The highest BCUT2D eigenvalue weighted by Crippen LogP contribution is 2.17. The second kappa shape index (κ2) is 47.5. The zero-order valence-corrected chi connectivity index (χ0v) is 37.7. The first-order valence-corrected chi connectivity index (χ1v) is 25.4. The van der Waals surface area contributed by atoms with Crippen LogP contribution in [0.25, 0.3) is 0 Å². The number of hydrogen-bond acceptors (Lipinski definition) is 3. The summed E-state index contributed by atoms with van der Waals surface area (Å²) in [5.41, 5.74) is 0. The van der Waals surface area contributed by atoms with Crippen molar-refractivity contribution in [3.05, 3.63) is 12.2 Å². The summed E-state index contributed by atoms with van der Waals surface area (Å²) in [5.74, 6) is -0.0574. The number of amides is 1. The number of carbonyl (C=O) groups excluding carboxylic acids is 1. The van der Waals surface area contributed by atoms with Crippen molar-refractivity contribution in [1.82, 2.24) is 5.32 Å². The molecule has 0 radical (unpaired) electrons. The van der Waals surface area contributed by atoms with E-state index >= 15 is 0 Å². The molecule has 0 aromatic rings. The van der Waals surface area contributed by atoms with Crippen molar-refractivity contribution in [2.45, 2.75) is 302 Å². The molecule has 0 unspecified atom stereocenters. The molecule has 4 nitrogen and oxygen atoms in total. The first kappa shape index (κ1) is 54.1. The maximum atomic E-state index is 12.4. The monoisotopic (exact) mass is 776 g/mol. The Kier molecular flexibility index (Phi) is 46.8. The predicted octanol–water partition coefficient (Wildman–Crippen LogP) is 16.2. The summed E-state index contributed by atoms with van der Waals surface area (Å²) in [4.78, 5) is 12.4. The summed E-state index contributed by atoms with van der Waals surface area (Å²) < 4.78 is 0. The number of rotatable bonds is 47. The lowest BCUT2D eigenvalue weighted by Gasteiger charge is -2.20. The average Bonchev–Trinajstić information content (AvgIpc) is 3.19. The summed E-state index contributed by atoms with van der Waals surface area (Å²) >= 11 is 0. The van der Waals surface area contributed by atoms with E-state index in [2.05, 4.69) is 19.2 Å². The molecule has 0 saturated carbocycles. The third-order valence-corrected chi connectivity index (χ3v) is 12.0. The maximum Gasteiger partial charge on any atom is 0.220 e. The molecule has 0 heterocycles. The molecular weight excluding hydrogens is 675 g/mol. The maximum absolute atomic E-state index is 12.4. The molecule has 0 spiro atoms. The van der Waals surface area contributed by atoms with E-state index in [4.69, 9.17) is 0 Å². The van der Waals surface area contributed by atoms with Crippen molar-refractivity contribution in [3.8, 4) is 0 Å². The molecule has 3 N–H and O–H groups in total. The van der Waals surface area contributed by atoms with Gasteiger partial charge in [-0.25, -0.2) is 0 Å². The first-order valence-electron chi connectivity index (χ1n) is 25.4. The minimum atomic E-state index is -0.834. The average molecular weight is 776 g/mol. The lowest BCUT2D eigenvalue weighted by molar-refractivity contribution is -0.123. The highest BCUT2D eigenvalue weighted by atomic mass is 16.3. The molecular formula is C51H101NO3. The Hall–Kier alpha value is -0.870. The Morgan fingerprint density at radius 3 is 0.945 bits per heavy atom. The van der Waals surface area contributed by atoms with Crippen LogP contribution in [0.1, 0.15) is 290 Å². The summed E-state index contributed by atoms with van der Waals surface area (Å²) in [7, 11) is 0. The summed E-state index contributed by atoms with van der Waals surface area (Å²) in [6.45, 7) is 4.34. The molecule has 0 rings (SSSR count). The van der Waals surface area contributed by atoms with E-state index < -0.39 is 12.1 Å². The molecule has 55 heavy (non-hydrogen) atoms. The van der Waals surface area contributed by atoms with Gasteiger partial charge in [0.1, 0.15) is 0 Å². The largest absolute Gasteiger partial charge is 0.394 e. The second-order valence-corrected chi connectivity index (χ2v) is 17.6. The van der Waals surface area contributed by atoms with Crippen LogP contribution in [0.2, 0.25) is 0 Å². The molecule has 0 bridgehead atoms. The fourth-order valence-corrected chi connectivity index (χ4v) is 8.12. The molecule has 0 aliphatic rings. The predicted molar refractivity (Wildman–Crippen MR) is 244 cm³/mol. The Labute approximate surface area is 346 Å². The fraction of sp³-hybridized carbons (Fsp3) is 0.941. The standard InChI is InChI=1S/C51H101NO3/c1-3-5-7-9-11-13-15-17-19-21-22-23-24-25-26-27-28-29-30-31-33-35-37-39-41-43-45-47-51(55)52-49(48-53)50(54)46-44-42-40-38-36-34-32-20-18-16-14-12-10-8-6-4-2/h44,46,49-50,53-54H,3-43,45,47-48H2,1-2H3,(H,52,55)/b46-44+/t49-,50+/m0/s1. The van der Waals surface area contributed by atoms with Crippen LogP contribution in [-0.4, -0.2) is 34.9 Å². The lowest BCUT2D eigenvalue weighted by atomic mass is 10.0. The van der Waals surface area contributed by atoms with Crippen molar-refractivity contribution in [2.24, 2.45) is 0 Å². The SMILES string of the molecule is CCCCCCCCCCCCCCCC/C=C/[C@@H](O)[C@H](CO)NC(=O)CCCCCCCCCCCCCCCCCCCCCCCCCCCCC. The van der Waals surface area contributed by atoms with E-state index in [1.807, 2.05) is 6.08 Å². The summed E-state index contributed by atoms with van der Waals surface area (Å²) in [6.07, 6.45) is 60.7. The van der Waals surface area contributed by atoms with Gasteiger partial charge < -0.3 is 15.5 Å². The van der Waals surface area contributed by atoms with Crippen LogP contribution in [0.3, 0.4) is 0 Å². The van der Waals surface area contributed by atoms with Gasteiger partial charge in [0.2, 0.25) is 5.91 Å². The van der Waals surface area contributed by atoms with Gasteiger partial charge in [0.05, 0.1) is 18.8 Å². The van der Waals surface area contributed by atoms with E-state index in [9.17, 15) is 15.0 Å². The van der Waals surface area contributed by atoms with Crippen LogP contribution in [0.5, 0.6) is 0 Å². The van der Waals surface area contributed by atoms with Gasteiger partial charge in [0.25, 0.3) is 0 Å². The number of hydrogen-bond donors (Lipinski definition) is 3. The van der Waals surface area contributed by atoms with Crippen LogP contribution in [-0.2, 0) is 4.79 Å². The van der Waals surface area contributed by atoms with Gasteiger partial charge in [-0.15, -0.1) is 0 Å². The highest BCUT2D eigenvalue weighted by molar-refractivity contribution is 5.76. The Balaban J connectivity index is 3.44. The Bertz CT molecular complexity index is 754. The van der Waals surface area contributed by atoms with E-state index in [-0.39, 0.29) is 12.5 Å². The van der Waals surface area contributed by atoms with Gasteiger partial charge in [-0.05, 0) is 19.3 Å². The van der Waals surface area contributed by atoms with Gasteiger partial charge in [-0.3, -0.25) is 4.79 Å². The van der Waals surface area contributed by atoms with Crippen molar-refractivity contribution in [2.75, 3.05) is 6.61 Å². The Morgan fingerprint density at radius 1 is 0.418 bits per heavy atom. The van der Waals surface area contributed by atoms with Gasteiger partial charge in [-0.2, -0.15) is 0 Å². The zero-order chi connectivity index (χ0) is 40.0. The number of nitrogens with one attached hydrogen (secondary N) is 1. The molecule has 0 fully saturated rings. The van der Waals surface area contributed by atoms with Crippen LogP contribution >= 0.6 is 0 Å². The molecule has 4 heteroatoms. The van der Waals surface area contributed by atoms with Gasteiger partial charge in [0, 0.05) is 6.42 Å². The van der Waals surface area contributed by atoms with E-state index in [0.717, 1.165) is 25.7 Å². The molecule has 0 aliphatic carbocycles. The molecule has 0 aliphatic heterocycles. The number of unbranched alkanes of at least 4 members (excludes halogenated alkanes) is 40. The lowest BCUT2D eigenvalue weighted by Crippen LogP contribution is -2.45. The van der Waals surface area contributed by atoms with Crippen molar-refractivity contribution >= 4 is 5.91 Å². The molecule has 2 atom stereocenters. The molecule has 328 valence electrons. The first-order chi connectivity index (χ1) is 27.2. The van der Waals surface area contributed by atoms with Crippen LogP contribution < -0.4 is 5.32 Å². The highest BCUT2D eigenvalue weighted by Gasteiger charge is 2.18. The quantitative estimate of drug-likeness (QED) is 0.0426. The molecule has 1 amide bonds. The van der Waals surface area contributed by atoms with Crippen LogP contribution in [0, 0.1) is 0 Å². The van der Waals surface area contributed by atoms with E-state index in [1.54, 1.807) is 6.08 Å². The number of allylic oxidation sites excluding steroid dienone is 1. The number of aliphatic hydroxyl groups is 2. The van der Waals surface area contributed by atoms with Gasteiger partial charge >= 0.3 is 0 Å². The fourth-order valence-electron chi connectivity index (χ4n) is 8.12. The normalized spacial score (nSPS) is 12.9. The second-order valence-electron chi connectivity index (χ2n) is 17.6. The summed E-state index contributed by atoms with van der Waals surface area (Å²) in [6, 6.07) is -0.617. The van der Waals surface area contributed by atoms with E-state index in [1.165, 1.54) is 244 Å². The Morgan fingerprint density at radius 2 is 0.673 bits per heavy atom. The smallest absolute Gasteiger partial charge is 0.220 e. The number of aliphatic hydroxyl groups excluding tert-OH is 2. The van der Waals surface area contributed by atoms with Gasteiger partial charge in [-0.1, -0.05) is 276 Å². The zero-order valence-electron chi connectivity index (χ0n) is 37.7. The molecule has 0 aromatic carbocycles. The number of carbonyl (C=O) groups is 1. The van der Waals surface area contributed by atoms with Crippen molar-refractivity contribution in [1.29, 1.82) is 0 Å². The molecule has 0 aromatic heterocycles. The minimum absolute atomic E-state index is 0.0574. The summed E-state index contributed by atoms with van der Waals surface area (Å²) in [5, 5.41) is 23.1. The van der Waals surface area contributed by atoms with Crippen LogP contribution in [0.15, 0.2) is 12.2 Å². The van der Waals surface area contributed by atoms with Crippen LogP contribution in [0.4, 0.5) is 0 Å². The van der Waals surface area contributed by atoms with Gasteiger partial charge in [0.15, 0.2) is 0 Å².